The molecule has 2 heteroatoms. The highest BCUT2D eigenvalue weighted by Crippen LogP contribution is 2.48. The summed E-state index contributed by atoms with van der Waals surface area (Å²) in [6.45, 7) is 3.62. The fraction of sp³-hybridized carbons (Fsp3) is 0.500. The Morgan fingerprint density at radius 1 is 1.67 bits per heavy atom. The molecule has 0 bridgehead atoms. The SMILES string of the molecule is C=CS(C)(C)Br. The van der Waals surface area contributed by atoms with Gasteiger partial charge in [0.1, 0.15) is 0 Å². The van der Waals surface area contributed by atoms with Crippen molar-refractivity contribution in [1.82, 2.24) is 0 Å². The van der Waals surface area contributed by atoms with Gasteiger partial charge in [0.15, 0.2) is 0 Å². The molecule has 0 saturated heterocycles. The molecule has 0 saturated carbocycles. The summed E-state index contributed by atoms with van der Waals surface area (Å²) in [6, 6.07) is 0. The summed E-state index contributed by atoms with van der Waals surface area (Å²) in [5.74, 6) is 0. The average molecular weight is 169 g/mol. The highest BCUT2D eigenvalue weighted by molar-refractivity contribution is 9.58. The maximum absolute atomic E-state index is 3.62. The molecule has 0 aliphatic heterocycles. The van der Waals surface area contributed by atoms with Crippen LogP contribution in [0.15, 0.2) is 12.0 Å². The van der Waals surface area contributed by atoms with Crippen molar-refractivity contribution in [2.24, 2.45) is 0 Å². The molecular weight excluding hydrogens is 160 g/mol. The molecule has 0 amide bonds. The highest BCUT2D eigenvalue weighted by atomic mass is 79.9. The summed E-state index contributed by atoms with van der Waals surface area (Å²) >= 11 is 3.44. The van der Waals surface area contributed by atoms with Gasteiger partial charge in [-0.3, -0.25) is 0 Å². The van der Waals surface area contributed by atoms with E-state index < -0.39 is 8.46 Å². The van der Waals surface area contributed by atoms with Crippen LogP contribution in [-0.4, -0.2) is 12.5 Å². The Bertz CT molecular complexity index is 53.1. The van der Waals surface area contributed by atoms with Crippen molar-refractivity contribution in [3.63, 3.8) is 0 Å². The molecule has 0 radical (unpaired) electrons. The zero-order valence-electron chi connectivity index (χ0n) is 4.07. The van der Waals surface area contributed by atoms with Crippen LogP contribution in [0, 0.1) is 0 Å². The van der Waals surface area contributed by atoms with Crippen molar-refractivity contribution >= 4 is 23.3 Å². The van der Waals surface area contributed by atoms with Crippen molar-refractivity contribution < 1.29 is 0 Å². The van der Waals surface area contributed by atoms with Gasteiger partial charge in [-0.25, -0.2) is 0 Å². The van der Waals surface area contributed by atoms with E-state index in [2.05, 4.69) is 33.9 Å². The van der Waals surface area contributed by atoms with Gasteiger partial charge in [-0.2, -0.15) is 8.46 Å². The van der Waals surface area contributed by atoms with Crippen LogP contribution in [0.25, 0.3) is 0 Å². The van der Waals surface area contributed by atoms with Crippen LogP contribution >= 0.6 is 23.3 Å². The standard InChI is InChI=1S/C4H9BrS/c1-4-6(2,3)5/h4H,1H2,2-3H3. The Morgan fingerprint density at radius 3 is 1.83 bits per heavy atom. The molecule has 0 spiro atoms. The number of rotatable bonds is 1. The second-order valence-corrected chi connectivity index (χ2v) is 9.34. The Balaban J connectivity index is 3.45. The summed E-state index contributed by atoms with van der Waals surface area (Å²) in [7, 11) is -0.586. The molecule has 0 N–H and O–H groups in total. The van der Waals surface area contributed by atoms with Gasteiger partial charge in [0.2, 0.25) is 0 Å². The molecule has 0 atom stereocenters. The number of hydrogen-bond acceptors (Lipinski definition) is 0. The van der Waals surface area contributed by atoms with Crippen LogP contribution in [0.5, 0.6) is 0 Å². The van der Waals surface area contributed by atoms with Crippen LogP contribution in [0.2, 0.25) is 0 Å². The van der Waals surface area contributed by atoms with E-state index >= 15 is 0 Å². The molecule has 6 heavy (non-hydrogen) atoms. The first-order valence-electron chi connectivity index (χ1n) is 1.61. The maximum Gasteiger partial charge on any atom is -0.0220 e. The molecule has 38 valence electrons. The third kappa shape index (κ3) is 4.57. The predicted octanol–water partition coefficient (Wildman–Crippen LogP) is 2.50. The predicted molar refractivity (Wildman–Crippen MR) is 38.6 cm³/mol. The summed E-state index contributed by atoms with van der Waals surface area (Å²) in [5.41, 5.74) is 0. The molecule has 0 aromatic heterocycles. The van der Waals surface area contributed by atoms with E-state index in [0.29, 0.717) is 0 Å². The number of halogens is 1. The minimum Gasteiger partial charge on any atom is -0.169 e. The van der Waals surface area contributed by atoms with Gasteiger partial charge in [0, 0.05) is 0 Å². The zero-order valence-corrected chi connectivity index (χ0v) is 6.47. The fourth-order valence-electron chi connectivity index (χ4n) is 0. The van der Waals surface area contributed by atoms with E-state index in [1.165, 1.54) is 0 Å². The fourth-order valence-corrected chi connectivity index (χ4v) is 0. The van der Waals surface area contributed by atoms with E-state index in [1.54, 1.807) is 0 Å². The first-order chi connectivity index (χ1) is 2.56. The minimum atomic E-state index is -0.586. The second kappa shape index (κ2) is 2.03. The Kier molecular flexibility index (Phi) is 2.22. The van der Waals surface area contributed by atoms with Crippen LogP contribution in [0.1, 0.15) is 0 Å². The molecule has 0 aromatic rings. The van der Waals surface area contributed by atoms with Gasteiger partial charge >= 0.3 is 0 Å². The topological polar surface area (TPSA) is 0 Å². The molecule has 0 fully saturated rings. The molecular formula is C4H9BrS. The third-order valence-corrected chi connectivity index (χ3v) is 1.98. The van der Waals surface area contributed by atoms with E-state index in [-0.39, 0.29) is 0 Å². The lowest BCUT2D eigenvalue weighted by atomic mass is 11.3. The van der Waals surface area contributed by atoms with Crippen molar-refractivity contribution in [3.05, 3.63) is 12.0 Å². The van der Waals surface area contributed by atoms with Crippen LogP contribution < -0.4 is 0 Å². The van der Waals surface area contributed by atoms with Gasteiger partial charge in [-0.05, 0) is 32.7 Å². The third-order valence-electron chi connectivity index (χ3n) is 0.396. The zero-order chi connectivity index (χ0) is 5.21. The quantitative estimate of drug-likeness (QED) is 0.565. The van der Waals surface area contributed by atoms with Crippen molar-refractivity contribution in [3.8, 4) is 0 Å². The number of hydrogen-bond donors (Lipinski definition) is 0. The van der Waals surface area contributed by atoms with Gasteiger partial charge in [0.25, 0.3) is 0 Å². The highest BCUT2D eigenvalue weighted by Gasteiger charge is 1.94. The normalized spacial score (nSPS) is 13.8. The van der Waals surface area contributed by atoms with Crippen LogP contribution in [0.4, 0.5) is 0 Å². The molecule has 0 aromatic carbocycles. The van der Waals surface area contributed by atoms with Crippen LogP contribution in [-0.2, 0) is 0 Å². The van der Waals surface area contributed by atoms with Gasteiger partial charge < -0.3 is 0 Å². The lowest BCUT2D eigenvalue weighted by molar-refractivity contribution is 2.26. The van der Waals surface area contributed by atoms with E-state index in [0.717, 1.165) is 0 Å². The van der Waals surface area contributed by atoms with Crippen LogP contribution in [0.3, 0.4) is 0 Å². The molecule has 0 heterocycles. The van der Waals surface area contributed by atoms with Gasteiger partial charge in [-0.1, -0.05) is 6.58 Å². The molecule has 0 aliphatic rings. The maximum atomic E-state index is 3.62. The smallest absolute Gasteiger partial charge is 0.0220 e. The minimum absolute atomic E-state index is 0.586. The Hall–Kier alpha value is 0.570. The Labute approximate surface area is 48.1 Å². The molecule has 0 unspecified atom stereocenters. The largest absolute Gasteiger partial charge is 0.169 e. The van der Waals surface area contributed by atoms with E-state index in [9.17, 15) is 0 Å². The average Bonchev–Trinajstić information content (AvgIpc) is 1.35. The first kappa shape index (κ1) is 6.57. The monoisotopic (exact) mass is 168 g/mol. The van der Waals surface area contributed by atoms with Gasteiger partial charge in [0.05, 0.1) is 0 Å². The summed E-state index contributed by atoms with van der Waals surface area (Å²) in [5, 5.41) is 1.94. The first-order valence-corrected chi connectivity index (χ1v) is 5.97. The molecule has 0 nitrogen and oxygen atoms in total. The lowest BCUT2D eigenvalue weighted by Gasteiger charge is -2.13. The van der Waals surface area contributed by atoms with Crippen molar-refractivity contribution in [2.45, 2.75) is 0 Å². The van der Waals surface area contributed by atoms with Crippen molar-refractivity contribution in [1.29, 1.82) is 0 Å². The lowest BCUT2D eigenvalue weighted by Crippen LogP contribution is -1.70. The van der Waals surface area contributed by atoms with E-state index in [1.807, 2.05) is 5.41 Å². The van der Waals surface area contributed by atoms with Gasteiger partial charge in [-0.15, -0.1) is 0 Å². The molecule has 0 rings (SSSR count). The van der Waals surface area contributed by atoms with Crippen molar-refractivity contribution in [2.75, 3.05) is 12.5 Å². The second-order valence-electron chi connectivity index (χ2n) is 1.44. The Morgan fingerprint density at radius 2 is 1.83 bits per heavy atom. The summed E-state index contributed by atoms with van der Waals surface area (Å²) < 4.78 is 0. The van der Waals surface area contributed by atoms with E-state index in [4.69, 9.17) is 0 Å². The summed E-state index contributed by atoms with van der Waals surface area (Å²) in [4.78, 5) is 0. The molecule has 0 aliphatic carbocycles. The summed E-state index contributed by atoms with van der Waals surface area (Å²) in [6.07, 6.45) is 4.25.